The van der Waals surface area contributed by atoms with Gasteiger partial charge in [0.2, 0.25) is 0 Å². The Morgan fingerprint density at radius 2 is 1.24 bits per heavy atom. The van der Waals surface area contributed by atoms with Gasteiger partial charge in [0.15, 0.2) is 0 Å². The average molecular weight is 229 g/mol. The quantitative estimate of drug-likeness (QED) is 0.678. The maximum Gasteiger partial charge on any atom is 0.0520 e. The smallest absolute Gasteiger partial charge is 0.0520 e. The van der Waals surface area contributed by atoms with Gasteiger partial charge in [-0.1, -0.05) is 0 Å². The lowest BCUT2D eigenvalue weighted by Crippen LogP contribution is -2.00. The number of nitrogens with zero attached hydrogens (tertiary/aromatic N) is 1. The van der Waals surface area contributed by atoms with Crippen LogP contribution in [0.3, 0.4) is 0 Å². The van der Waals surface area contributed by atoms with Crippen molar-refractivity contribution in [3.05, 3.63) is 33.5 Å². The van der Waals surface area contributed by atoms with E-state index in [2.05, 4.69) is 53.0 Å². The van der Waals surface area contributed by atoms with Gasteiger partial charge < -0.3 is 4.57 Å². The number of benzene rings is 1. The van der Waals surface area contributed by atoms with E-state index in [4.69, 9.17) is 0 Å². The molecule has 17 heavy (non-hydrogen) atoms. The van der Waals surface area contributed by atoms with E-state index in [1.54, 1.807) is 0 Å². The fourth-order valence-electron chi connectivity index (χ4n) is 3.04. The zero-order chi connectivity index (χ0) is 12.9. The molecule has 1 nitrogen and oxygen atoms in total. The van der Waals surface area contributed by atoms with Crippen LogP contribution in [0.2, 0.25) is 0 Å². The van der Waals surface area contributed by atoms with Crippen molar-refractivity contribution >= 4 is 10.9 Å². The van der Waals surface area contributed by atoms with E-state index in [1.807, 2.05) is 0 Å². The van der Waals surface area contributed by atoms with Crippen LogP contribution in [0.5, 0.6) is 0 Å². The Kier molecular flexibility index (Phi) is 2.81. The predicted molar refractivity (Wildman–Crippen MR) is 76.0 cm³/mol. The lowest BCUT2D eigenvalue weighted by atomic mass is 9.94. The first kappa shape index (κ1) is 12.2. The molecule has 0 aliphatic carbocycles. The van der Waals surface area contributed by atoms with Gasteiger partial charge in [0.05, 0.1) is 5.52 Å². The summed E-state index contributed by atoms with van der Waals surface area (Å²) in [4.78, 5) is 0. The van der Waals surface area contributed by atoms with Gasteiger partial charge in [-0.25, -0.2) is 0 Å². The maximum atomic E-state index is 2.46. The third kappa shape index (κ3) is 1.45. The Morgan fingerprint density at radius 3 is 1.76 bits per heavy atom. The molecule has 0 aliphatic rings. The minimum atomic E-state index is 1.05. The highest BCUT2D eigenvalue weighted by Gasteiger charge is 2.17. The molecule has 0 saturated heterocycles. The zero-order valence-corrected chi connectivity index (χ0v) is 12.2. The first-order chi connectivity index (χ1) is 7.91. The molecule has 0 aliphatic heterocycles. The minimum absolute atomic E-state index is 1.05. The van der Waals surface area contributed by atoms with E-state index in [0.29, 0.717) is 0 Å². The van der Waals surface area contributed by atoms with E-state index in [1.165, 1.54) is 44.4 Å². The standard InChI is InChI=1S/C16H23N/c1-8-17-14(7)13(6)15-11(4)9(2)10(3)12(5)16(15)17/h8H2,1-7H3. The lowest BCUT2D eigenvalue weighted by Gasteiger charge is -2.14. The highest BCUT2D eigenvalue weighted by Crippen LogP contribution is 2.34. The molecule has 0 saturated carbocycles. The topological polar surface area (TPSA) is 4.93 Å². The van der Waals surface area contributed by atoms with Crippen molar-refractivity contribution < 1.29 is 0 Å². The molecule has 0 amide bonds. The Hall–Kier alpha value is -1.24. The summed E-state index contributed by atoms with van der Waals surface area (Å²) in [6.45, 7) is 16.8. The molecule has 0 N–H and O–H groups in total. The first-order valence-corrected chi connectivity index (χ1v) is 6.47. The Morgan fingerprint density at radius 1 is 0.706 bits per heavy atom. The van der Waals surface area contributed by atoms with Crippen LogP contribution in [-0.4, -0.2) is 4.57 Å². The van der Waals surface area contributed by atoms with E-state index in [-0.39, 0.29) is 0 Å². The van der Waals surface area contributed by atoms with Gasteiger partial charge in [-0.05, 0) is 76.3 Å². The lowest BCUT2D eigenvalue weighted by molar-refractivity contribution is 0.764. The minimum Gasteiger partial charge on any atom is -0.345 e. The number of rotatable bonds is 1. The van der Waals surface area contributed by atoms with E-state index >= 15 is 0 Å². The fourth-order valence-corrected chi connectivity index (χ4v) is 3.04. The second-order valence-corrected chi connectivity index (χ2v) is 5.18. The first-order valence-electron chi connectivity index (χ1n) is 6.47. The van der Waals surface area contributed by atoms with Crippen LogP contribution in [0.25, 0.3) is 10.9 Å². The van der Waals surface area contributed by atoms with Crippen molar-refractivity contribution in [1.29, 1.82) is 0 Å². The summed E-state index contributed by atoms with van der Waals surface area (Å²) >= 11 is 0. The molecule has 2 aromatic rings. The van der Waals surface area contributed by atoms with E-state index < -0.39 is 0 Å². The molecule has 1 aromatic carbocycles. The van der Waals surface area contributed by atoms with Crippen LogP contribution in [0.15, 0.2) is 0 Å². The number of hydrogen-bond acceptors (Lipinski definition) is 0. The van der Waals surface area contributed by atoms with Gasteiger partial charge >= 0.3 is 0 Å². The molecule has 1 aromatic heterocycles. The third-order valence-electron chi connectivity index (χ3n) is 4.56. The van der Waals surface area contributed by atoms with Crippen LogP contribution in [0.1, 0.15) is 40.4 Å². The van der Waals surface area contributed by atoms with Crippen molar-refractivity contribution in [2.24, 2.45) is 0 Å². The van der Waals surface area contributed by atoms with Crippen LogP contribution >= 0.6 is 0 Å². The molecule has 92 valence electrons. The highest BCUT2D eigenvalue weighted by molar-refractivity contribution is 5.92. The van der Waals surface area contributed by atoms with Gasteiger partial charge in [0, 0.05) is 17.6 Å². The summed E-state index contributed by atoms with van der Waals surface area (Å²) in [7, 11) is 0. The zero-order valence-electron chi connectivity index (χ0n) is 12.2. The molecule has 0 bridgehead atoms. The molecule has 2 rings (SSSR count). The normalized spacial score (nSPS) is 11.5. The number of aryl methyl sites for hydroxylation is 4. The van der Waals surface area contributed by atoms with Gasteiger partial charge in [-0.3, -0.25) is 0 Å². The number of hydrogen-bond donors (Lipinski definition) is 0. The fraction of sp³-hybridized carbons (Fsp3) is 0.500. The van der Waals surface area contributed by atoms with Crippen molar-refractivity contribution in [3.63, 3.8) is 0 Å². The molecule has 1 heteroatoms. The van der Waals surface area contributed by atoms with Gasteiger partial charge in [-0.2, -0.15) is 0 Å². The summed E-state index contributed by atoms with van der Waals surface area (Å²) in [5.41, 5.74) is 10.1. The molecule has 0 atom stereocenters. The summed E-state index contributed by atoms with van der Waals surface area (Å²) in [5, 5.41) is 1.48. The number of aromatic nitrogens is 1. The van der Waals surface area contributed by atoms with Crippen LogP contribution in [0, 0.1) is 41.5 Å². The molecular weight excluding hydrogens is 206 g/mol. The van der Waals surface area contributed by atoms with E-state index in [0.717, 1.165) is 6.54 Å². The molecule has 1 heterocycles. The molecule has 0 radical (unpaired) electrons. The SMILES string of the molecule is CCn1c(C)c(C)c2c(C)c(C)c(C)c(C)c21. The van der Waals surface area contributed by atoms with Crippen LogP contribution in [0.4, 0.5) is 0 Å². The molecule has 0 spiro atoms. The summed E-state index contributed by atoms with van der Waals surface area (Å²) in [6.07, 6.45) is 0. The molecule has 0 fully saturated rings. The van der Waals surface area contributed by atoms with Crippen molar-refractivity contribution in [3.8, 4) is 0 Å². The largest absolute Gasteiger partial charge is 0.345 e. The number of fused-ring (bicyclic) bond motifs is 1. The molecule has 0 unspecified atom stereocenters. The monoisotopic (exact) mass is 229 g/mol. The highest BCUT2D eigenvalue weighted by atomic mass is 15.0. The van der Waals surface area contributed by atoms with Crippen LogP contribution < -0.4 is 0 Å². The van der Waals surface area contributed by atoms with Gasteiger partial charge in [0.1, 0.15) is 0 Å². The van der Waals surface area contributed by atoms with E-state index in [9.17, 15) is 0 Å². The van der Waals surface area contributed by atoms with Gasteiger partial charge in [-0.15, -0.1) is 0 Å². The Bertz CT molecular complexity index is 600. The van der Waals surface area contributed by atoms with Crippen molar-refractivity contribution in [2.75, 3.05) is 0 Å². The summed E-state index contributed by atoms with van der Waals surface area (Å²) < 4.78 is 2.46. The Balaban J connectivity index is 3.11. The summed E-state index contributed by atoms with van der Waals surface area (Å²) in [5.74, 6) is 0. The van der Waals surface area contributed by atoms with Gasteiger partial charge in [0.25, 0.3) is 0 Å². The second kappa shape index (κ2) is 3.90. The third-order valence-corrected chi connectivity index (χ3v) is 4.56. The predicted octanol–water partition coefficient (Wildman–Crippen LogP) is 4.51. The van der Waals surface area contributed by atoms with Crippen LogP contribution in [-0.2, 0) is 6.54 Å². The Labute approximate surface area is 104 Å². The summed E-state index contributed by atoms with van der Waals surface area (Å²) in [6, 6.07) is 0. The molecular formula is C16H23N. The maximum absolute atomic E-state index is 2.46. The van der Waals surface area contributed by atoms with Crippen molar-refractivity contribution in [1.82, 2.24) is 4.57 Å². The van der Waals surface area contributed by atoms with Crippen molar-refractivity contribution in [2.45, 2.75) is 55.0 Å². The average Bonchev–Trinajstić information content (AvgIpc) is 2.57. The second-order valence-electron chi connectivity index (χ2n) is 5.18.